The van der Waals surface area contributed by atoms with Crippen LogP contribution in [0.5, 0.6) is 5.75 Å². The van der Waals surface area contributed by atoms with Crippen molar-refractivity contribution in [2.24, 2.45) is 0 Å². The molecule has 41 heavy (non-hydrogen) atoms. The van der Waals surface area contributed by atoms with Crippen LogP contribution >= 0.6 is 11.6 Å². The summed E-state index contributed by atoms with van der Waals surface area (Å²) in [7, 11) is 0. The molecule has 2 aromatic rings. The van der Waals surface area contributed by atoms with Crippen molar-refractivity contribution in [2.75, 3.05) is 13.2 Å². The third-order valence-corrected chi connectivity index (χ3v) is 8.43. The van der Waals surface area contributed by atoms with E-state index in [1.54, 1.807) is 0 Å². The lowest BCUT2D eigenvalue weighted by Gasteiger charge is -2.30. The Morgan fingerprint density at radius 1 is 0.829 bits per heavy atom. The van der Waals surface area contributed by atoms with Gasteiger partial charge in [-0.3, -0.25) is 4.79 Å². The van der Waals surface area contributed by atoms with Crippen LogP contribution in [-0.4, -0.2) is 25.3 Å². The molecule has 2 aromatic carbocycles. The highest BCUT2D eigenvalue weighted by Crippen LogP contribution is 2.36. The van der Waals surface area contributed by atoms with Crippen LogP contribution in [0.25, 0.3) is 11.1 Å². The Morgan fingerprint density at radius 3 is 2.10 bits per heavy atom. The normalized spacial score (nSPS) is 17.0. The van der Waals surface area contributed by atoms with Crippen molar-refractivity contribution in [3.05, 3.63) is 53.1 Å². The number of hydrogen-bond donors (Lipinski definition) is 0. The zero-order valence-electron chi connectivity index (χ0n) is 25.6. The van der Waals surface area contributed by atoms with E-state index in [1.807, 2.05) is 43.3 Å². The fraction of sp³-hybridized carbons (Fsp3) is 0.639. The van der Waals surface area contributed by atoms with Crippen LogP contribution in [0.15, 0.2) is 42.5 Å². The number of esters is 1. The number of rotatable bonds is 20. The summed E-state index contributed by atoms with van der Waals surface area (Å²) in [6.07, 6.45) is 20.3. The van der Waals surface area contributed by atoms with Gasteiger partial charge in [0.2, 0.25) is 0 Å². The maximum Gasteiger partial charge on any atom is 0.305 e. The zero-order chi connectivity index (χ0) is 29.1. The van der Waals surface area contributed by atoms with Crippen LogP contribution in [0.3, 0.4) is 0 Å². The topological polar surface area (TPSA) is 44.8 Å². The van der Waals surface area contributed by atoms with Crippen LogP contribution < -0.4 is 4.74 Å². The highest BCUT2D eigenvalue weighted by molar-refractivity contribution is 6.33. The summed E-state index contributed by atoms with van der Waals surface area (Å²) in [4.78, 5) is 12.3. The molecule has 0 radical (unpaired) electrons. The monoisotopic (exact) mass is 584 g/mol. The van der Waals surface area contributed by atoms with Crippen molar-refractivity contribution in [1.29, 1.82) is 0 Å². The Morgan fingerprint density at radius 2 is 1.46 bits per heavy atom. The molecule has 4 nitrogen and oxygen atoms in total. The minimum absolute atomic E-state index is 0.0211. The van der Waals surface area contributed by atoms with E-state index in [-0.39, 0.29) is 18.2 Å². The first-order valence-electron chi connectivity index (χ1n) is 16.4. The van der Waals surface area contributed by atoms with Crippen molar-refractivity contribution in [2.45, 2.75) is 135 Å². The summed E-state index contributed by atoms with van der Waals surface area (Å²) < 4.78 is 17.6. The number of carbonyl (C=O) groups excluding carboxylic acids is 1. The number of halogens is 1. The number of unbranched alkanes of at least 4 members (excludes halogenated alkanes) is 12. The smallest absolute Gasteiger partial charge is 0.305 e. The van der Waals surface area contributed by atoms with Gasteiger partial charge in [0.15, 0.2) is 0 Å². The van der Waals surface area contributed by atoms with Gasteiger partial charge in [0.1, 0.15) is 12.4 Å². The van der Waals surface area contributed by atoms with Gasteiger partial charge in [-0.25, -0.2) is 0 Å². The van der Waals surface area contributed by atoms with Crippen molar-refractivity contribution < 1.29 is 19.0 Å². The lowest BCUT2D eigenvalue weighted by atomic mass is 9.95. The molecule has 1 saturated heterocycles. The van der Waals surface area contributed by atoms with Crippen LogP contribution in [0.1, 0.15) is 135 Å². The van der Waals surface area contributed by atoms with Gasteiger partial charge in [0.25, 0.3) is 0 Å². The molecule has 1 heterocycles. The average molecular weight is 585 g/mol. The number of hydrogen-bond acceptors (Lipinski definition) is 4. The van der Waals surface area contributed by atoms with E-state index in [0.717, 1.165) is 54.5 Å². The molecule has 3 rings (SSSR count). The lowest BCUT2D eigenvalue weighted by Crippen LogP contribution is -2.28. The van der Waals surface area contributed by atoms with E-state index >= 15 is 0 Å². The third-order valence-electron chi connectivity index (χ3n) is 8.10. The van der Waals surface area contributed by atoms with Crippen molar-refractivity contribution in [3.63, 3.8) is 0 Å². The molecule has 0 spiro atoms. The second-order valence-electron chi connectivity index (χ2n) is 11.5. The molecule has 0 aromatic heterocycles. The summed E-state index contributed by atoms with van der Waals surface area (Å²) in [5, 5.41) is 0.715. The molecule has 1 fully saturated rings. The van der Waals surface area contributed by atoms with Gasteiger partial charge in [-0.05, 0) is 68.0 Å². The van der Waals surface area contributed by atoms with Gasteiger partial charge in [-0.1, -0.05) is 114 Å². The first-order valence-corrected chi connectivity index (χ1v) is 16.8. The van der Waals surface area contributed by atoms with Gasteiger partial charge in [-0.2, -0.15) is 0 Å². The van der Waals surface area contributed by atoms with Crippen molar-refractivity contribution in [3.8, 4) is 16.9 Å². The Balaban J connectivity index is 1.30. The highest BCUT2D eigenvalue weighted by atomic mass is 35.5. The molecular formula is C36H53ClO4. The van der Waals surface area contributed by atoms with Gasteiger partial charge < -0.3 is 14.2 Å². The fourth-order valence-electron chi connectivity index (χ4n) is 5.67. The third kappa shape index (κ3) is 12.8. The predicted octanol–water partition coefficient (Wildman–Crippen LogP) is 11.0. The fourth-order valence-corrected chi connectivity index (χ4v) is 5.90. The minimum atomic E-state index is -0.0944. The van der Waals surface area contributed by atoms with E-state index in [4.69, 9.17) is 25.8 Å². The van der Waals surface area contributed by atoms with E-state index in [0.29, 0.717) is 24.7 Å². The highest BCUT2D eigenvalue weighted by Gasteiger charge is 2.25. The molecule has 0 saturated carbocycles. The first-order chi connectivity index (χ1) is 20.1. The molecule has 0 unspecified atom stereocenters. The predicted molar refractivity (Wildman–Crippen MR) is 171 cm³/mol. The molecule has 228 valence electrons. The van der Waals surface area contributed by atoms with Crippen LogP contribution in [-0.2, 0) is 14.3 Å². The number of carbonyl (C=O) groups is 1. The van der Waals surface area contributed by atoms with E-state index in [2.05, 4.69) is 13.0 Å². The zero-order valence-corrected chi connectivity index (χ0v) is 26.4. The van der Waals surface area contributed by atoms with Crippen LogP contribution in [0.4, 0.5) is 0 Å². The Labute approximate surface area is 254 Å². The summed E-state index contributed by atoms with van der Waals surface area (Å²) in [5.41, 5.74) is 3.15. The summed E-state index contributed by atoms with van der Waals surface area (Å²) in [5.74, 6) is 0.758. The summed E-state index contributed by atoms with van der Waals surface area (Å²) in [6.45, 7) is 5.24. The molecular weight excluding hydrogens is 532 g/mol. The first kappa shape index (κ1) is 33.5. The van der Waals surface area contributed by atoms with Gasteiger partial charge in [0.05, 0.1) is 18.8 Å². The largest absolute Gasteiger partial charge is 0.494 e. The van der Waals surface area contributed by atoms with Crippen LogP contribution in [0.2, 0.25) is 5.02 Å². The van der Waals surface area contributed by atoms with Gasteiger partial charge in [-0.15, -0.1) is 0 Å². The maximum absolute atomic E-state index is 12.3. The minimum Gasteiger partial charge on any atom is -0.494 e. The molecule has 0 amide bonds. The Hall–Kier alpha value is -2.04. The second-order valence-corrected chi connectivity index (χ2v) is 12.0. The molecule has 1 aliphatic heterocycles. The Bertz CT molecular complexity index is 990. The average Bonchev–Trinajstić information content (AvgIpc) is 2.99. The SMILES string of the molecule is CCCCCCCCCCCCCCCC(=O)OC[C@H]1CCC[C@@H](c2ccc(Cl)c(-c3ccc(OCC)cc3)c2)O1. The molecule has 1 aliphatic rings. The van der Waals surface area contributed by atoms with E-state index < -0.39 is 0 Å². The summed E-state index contributed by atoms with van der Waals surface area (Å²) >= 11 is 6.57. The second kappa shape index (κ2) is 20.0. The lowest BCUT2D eigenvalue weighted by molar-refractivity contribution is -0.152. The maximum atomic E-state index is 12.3. The number of benzene rings is 2. The van der Waals surface area contributed by atoms with Gasteiger partial charge in [0, 0.05) is 17.0 Å². The molecule has 0 aliphatic carbocycles. The van der Waals surface area contributed by atoms with E-state index in [1.165, 1.54) is 70.6 Å². The quantitative estimate of drug-likeness (QED) is 0.115. The Kier molecular flexibility index (Phi) is 16.3. The van der Waals surface area contributed by atoms with Crippen LogP contribution in [0, 0.1) is 0 Å². The molecule has 0 bridgehead atoms. The molecule has 2 atom stereocenters. The number of ether oxygens (including phenoxy) is 3. The van der Waals surface area contributed by atoms with E-state index in [9.17, 15) is 4.79 Å². The molecule has 5 heteroatoms. The standard InChI is InChI=1S/C36H53ClO4/c1-3-5-6-7-8-9-10-11-12-13-14-15-16-20-36(38)40-28-32-18-17-19-35(41-32)30-23-26-34(37)33(27-30)29-21-24-31(25-22-29)39-4-2/h21-27,32,35H,3-20,28H2,1-2H3/t32-,35+/m1/s1. The summed E-state index contributed by atoms with van der Waals surface area (Å²) in [6, 6.07) is 14.2. The van der Waals surface area contributed by atoms with Crippen molar-refractivity contribution >= 4 is 17.6 Å². The van der Waals surface area contributed by atoms with Crippen molar-refractivity contribution in [1.82, 2.24) is 0 Å². The molecule has 0 N–H and O–H groups in total. The van der Waals surface area contributed by atoms with Gasteiger partial charge >= 0.3 is 5.97 Å².